The molecule has 7 heteroatoms. The van der Waals surface area contributed by atoms with E-state index in [-0.39, 0.29) is 11.3 Å². The number of nitrogens with one attached hydrogen (secondary N) is 1. The third kappa shape index (κ3) is 3.10. The molecule has 102 valence electrons. The third-order valence-electron chi connectivity index (χ3n) is 2.69. The van der Waals surface area contributed by atoms with Gasteiger partial charge in [-0.1, -0.05) is 6.92 Å². The molecule has 0 saturated heterocycles. The minimum Gasteiger partial charge on any atom is -0.379 e. The number of aromatic nitrogens is 1. The predicted molar refractivity (Wildman–Crippen MR) is 76.6 cm³/mol. The Labute approximate surface area is 119 Å². The molecular formula is C13H12N4O2S. The van der Waals surface area contributed by atoms with E-state index in [1.807, 2.05) is 18.4 Å². The van der Waals surface area contributed by atoms with Crippen molar-refractivity contribution in [2.24, 2.45) is 0 Å². The van der Waals surface area contributed by atoms with Gasteiger partial charge in [0.2, 0.25) is 0 Å². The van der Waals surface area contributed by atoms with E-state index < -0.39 is 4.92 Å². The van der Waals surface area contributed by atoms with Gasteiger partial charge in [0.25, 0.3) is 5.69 Å². The number of benzene rings is 1. The molecule has 2 rings (SSSR count). The molecule has 2 aromatic rings. The van der Waals surface area contributed by atoms with E-state index in [0.29, 0.717) is 12.2 Å². The Balaban J connectivity index is 2.10. The first-order valence-electron chi connectivity index (χ1n) is 5.99. The highest BCUT2D eigenvalue weighted by molar-refractivity contribution is 7.09. The topological polar surface area (TPSA) is 91.8 Å². The van der Waals surface area contributed by atoms with Crippen LogP contribution in [0.3, 0.4) is 0 Å². The highest BCUT2D eigenvalue weighted by Crippen LogP contribution is 2.22. The summed E-state index contributed by atoms with van der Waals surface area (Å²) in [6.45, 7) is 2.57. The molecule has 1 aromatic carbocycles. The summed E-state index contributed by atoms with van der Waals surface area (Å²) in [4.78, 5) is 14.6. The van der Waals surface area contributed by atoms with Gasteiger partial charge in [-0.25, -0.2) is 4.98 Å². The molecule has 0 aliphatic carbocycles. The maximum atomic E-state index is 10.7. The second-order valence-corrected chi connectivity index (χ2v) is 4.98. The molecule has 0 radical (unpaired) electrons. The van der Waals surface area contributed by atoms with Gasteiger partial charge in [-0.2, -0.15) is 5.26 Å². The summed E-state index contributed by atoms with van der Waals surface area (Å²) in [6, 6.07) is 6.23. The first-order chi connectivity index (χ1) is 9.63. The number of anilines is 1. The summed E-state index contributed by atoms with van der Waals surface area (Å²) < 4.78 is 0. The van der Waals surface area contributed by atoms with Crippen molar-refractivity contribution in [3.63, 3.8) is 0 Å². The number of hydrogen-bond donors (Lipinski definition) is 1. The number of nitro groups is 1. The largest absolute Gasteiger partial charge is 0.379 e. The van der Waals surface area contributed by atoms with Crippen LogP contribution in [0.15, 0.2) is 23.6 Å². The van der Waals surface area contributed by atoms with Gasteiger partial charge in [0.15, 0.2) is 0 Å². The maximum Gasteiger partial charge on any atom is 0.287 e. The van der Waals surface area contributed by atoms with Crippen molar-refractivity contribution in [1.82, 2.24) is 4.98 Å². The molecular weight excluding hydrogens is 276 g/mol. The Morgan fingerprint density at radius 3 is 2.95 bits per heavy atom. The van der Waals surface area contributed by atoms with E-state index in [0.717, 1.165) is 17.1 Å². The molecule has 6 nitrogen and oxygen atoms in total. The summed E-state index contributed by atoms with van der Waals surface area (Å²) in [6.07, 6.45) is 0.904. The van der Waals surface area contributed by atoms with Gasteiger partial charge in [0, 0.05) is 17.1 Å². The van der Waals surface area contributed by atoms with Gasteiger partial charge in [0.1, 0.15) is 11.6 Å². The van der Waals surface area contributed by atoms with Crippen molar-refractivity contribution in [3.05, 3.63) is 50.0 Å². The number of aryl methyl sites for hydroxylation is 1. The van der Waals surface area contributed by atoms with Crippen LogP contribution < -0.4 is 5.32 Å². The van der Waals surface area contributed by atoms with Gasteiger partial charge in [0.05, 0.1) is 22.2 Å². The quantitative estimate of drug-likeness (QED) is 0.674. The van der Waals surface area contributed by atoms with Crippen molar-refractivity contribution < 1.29 is 4.92 Å². The van der Waals surface area contributed by atoms with Crippen molar-refractivity contribution in [3.8, 4) is 6.07 Å². The van der Waals surface area contributed by atoms with Gasteiger partial charge in [-0.3, -0.25) is 10.1 Å². The van der Waals surface area contributed by atoms with Gasteiger partial charge in [-0.15, -0.1) is 11.3 Å². The fourth-order valence-electron chi connectivity index (χ4n) is 1.68. The van der Waals surface area contributed by atoms with E-state index in [2.05, 4.69) is 10.3 Å². The first kappa shape index (κ1) is 14.0. The van der Waals surface area contributed by atoms with Gasteiger partial charge < -0.3 is 5.32 Å². The first-order valence-corrected chi connectivity index (χ1v) is 6.87. The number of thiazole rings is 1. The number of nitro benzene ring substituents is 1. The lowest BCUT2D eigenvalue weighted by Gasteiger charge is -2.04. The SMILES string of the molecule is CCc1nc(CNc2ccc([N+](=O)[O-])c(C#N)c2)cs1. The standard InChI is InChI=1S/C13H12N4O2S/c1-2-13-16-11(8-20-13)7-15-10-3-4-12(17(18)19)9(5-10)6-14/h3-5,8,15H,2,7H2,1H3. The second kappa shape index (κ2) is 6.12. The number of nitrogens with zero attached hydrogens (tertiary/aromatic N) is 3. The van der Waals surface area contributed by atoms with E-state index in [1.54, 1.807) is 17.4 Å². The lowest BCUT2D eigenvalue weighted by molar-refractivity contribution is -0.385. The summed E-state index contributed by atoms with van der Waals surface area (Å²) in [7, 11) is 0. The molecule has 1 N–H and O–H groups in total. The predicted octanol–water partition coefficient (Wildman–Crippen LogP) is 3.10. The molecule has 1 aromatic heterocycles. The van der Waals surface area contributed by atoms with Crippen molar-refractivity contribution in [2.45, 2.75) is 19.9 Å². The van der Waals surface area contributed by atoms with Crippen LogP contribution in [0.1, 0.15) is 23.2 Å². The molecule has 0 spiro atoms. The van der Waals surface area contributed by atoms with Crippen LogP contribution in [0.4, 0.5) is 11.4 Å². The molecule has 0 aliphatic heterocycles. The average molecular weight is 288 g/mol. The number of hydrogen-bond acceptors (Lipinski definition) is 6. The molecule has 0 saturated carbocycles. The van der Waals surface area contributed by atoms with Crippen LogP contribution in [0.5, 0.6) is 0 Å². The van der Waals surface area contributed by atoms with E-state index >= 15 is 0 Å². The maximum absolute atomic E-state index is 10.7. The monoisotopic (exact) mass is 288 g/mol. The van der Waals surface area contributed by atoms with Crippen molar-refractivity contribution in [2.75, 3.05) is 5.32 Å². The Kier molecular flexibility index (Phi) is 4.27. The number of nitriles is 1. The fraction of sp³-hybridized carbons (Fsp3) is 0.231. The molecule has 0 atom stereocenters. The summed E-state index contributed by atoms with van der Waals surface area (Å²) >= 11 is 1.61. The Morgan fingerprint density at radius 1 is 1.55 bits per heavy atom. The van der Waals surface area contributed by atoms with Gasteiger partial charge in [-0.05, 0) is 18.6 Å². The summed E-state index contributed by atoms with van der Waals surface area (Å²) in [5.41, 5.74) is 1.45. The summed E-state index contributed by atoms with van der Waals surface area (Å²) in [5.74, 6) is 0. The Morgan fingerprint density at radius 2 is 2.35 bits per heavy atom. The molecule has 20 heavy (non-hydrogen) atoms. The average Bonchev–Trinajstić information content (AvgIpc) is 2.92. The van der Waals surface area contributed by atoms with Crippen molar-refractivity contribution in [1.29, 1.82) is 5.26 Å². The van der Waals surface area contributed by atoms with Crippen LogP contribution in [0.25, 0.3) is 0 Å². The smallest absolute Gasteiger partial charge is 0.287 e. The fourth-order valence-corrected chi connectivity index (χ4v) is 2.42. The zero-order valence-corrected chi connectivity index (χ0v) is 11.6. The van der Waals surface area contributed by atoms with E-state index in [1.165, 1.54) is 12.1 Å². The normalized spacial score (nSPS) is 10.0. The molecule has 0 aliphatic rings. The minimum atomic E-state index is -0.559. The molecule has 0 unspecified atom stereocenters. The molecule has 0 bridgehead atoms. The lowest BCUT2D eigenvalue weighted by Crippen LogP contribution is -2.01. The van der Waals surface area contributed by atoms with Gasteiger partial charge >= 0.3 is 0 Å². The highest BCUT2D eigenvalue weighted by Gasteiger charge is 2.13. The van der Waals surface area contributed by atoms with Crippen LogP contribution in [-0.2, 0) is 13.0 Å². The molecule has 0 fully saturated rings. The molecule has 0 amide bonds. The number of rotatable bonds is 5. The van der Waals surface area contributed by atoms with Crippen LogP contribution >= 0.6 is 11.3 Å². The Hall–Kier alpha value is -2.46. The highest BCUT2D eigenvalue weighted by atomic mass is 32.1. The van der Waals surface area contributed by atoms with Crippen LogP contribution in [0.2, 0.25) is 0 Å². The van der Waals surface area contributed by atoms with Crippen LogP contribution in [0, 0.1) is 21.4 Å². The zero-order chi connectivity index (χ0) is 14.5. The third-order valence-corrected chi connectivity index (χ3v) is 3.73. The second-order valence-electron chi connectivity index (χ2n) is 4.04. The zero-order valence-electron chi connectivity index (χ0n) is 10.8. The summed E-state index contributed by atoms with van der Waals surface area (Å²) in [5, 5.41) is 25.8. The Bertz CT molecular complexity index is 675. The minimum absolute atomic E-state index is 0.0486. The van der Waals surface area contributed by atoms with E-state index in [4.69, 9.17) is 5.26 Å². The van der Waals surface area contributed by atoms with Crippen LogP contribution in [-0.4, -0.2) is 9.91 Å². The van der Waals surface area contributed by atoms with E-state index in [9.17, 15) is 10.1 Å². The van der Waals surface area contributed by atoms with Crippen molar-refractivity contribution >= 4 is 22.7 Å². The molecule has 1 heterocycles. The lowest BCUT2D eigenvalue weighted by atomic mass is 10.1.